The van der Waals surface area contributed by atoms with Crippen molar-refractivity contribution in [2.45, 2.75) is 40.0 Å². The van der Waals surface area contributed by atoms with Gasteiger partial charge >= 0.3 is 0 Å². The van der Waals surface area contributed by atoms with Gasteiger partial charge in [-0.3, -0.25) is 4.79 Å². The van der Waals surface area contributed by atoms with Crippen LogP contribution in [0.5, 0.6) is 0 Å². The molecule has 3 aromatic rings. The number of nitrogens with one attached hydrogen (secondary N) is 1. The maximum Gasteiger partial charge on any atom is 0.263 e. The quantitative estimate of drug-likeness (QED) is 0.635. The van der Waals surface area contributed by atoms with Gasteiger partial charge in [0.25, 0.3) is 5.91 Å². The van der Waals surface area contributed by atoms with Gasteiger partial charge in [-0.2, -0.15) is 0 Å². The van der Waals surface area contributed by atoms with Gasteiger partial charge in [0.05, 0.1) is 16.4 Å². The van der Waals surface area contributed by atoms with Crippen LogP contribution in [-0.2, 0) is 12.8 Å². The first-order chi connectivity index (χ1) is 12.6. The van der Waals surface area contributed by atoms with Crippen LogP contribution in [0, 0.1) is 13.8 Å². The van der Waals surface area contributed by atoms with Crippen molar-refractivity contribution in [1.82, 2.24) is 15.3 Å². The first kappa shape index (κ1) is 18.7. The Hall–Kier alpha value is -2.05. The highest BCUT2D eigenvalue weighted by molar-refractivity contribution is 7.13. The first-order valence-corrected chi connectivity index (χ1v) is 10.5. The molecule has 26 heavy (non-hydrogen) atoms. The highest BCUT2D eigenvalue weighted by Gasteiger charge is 2.14. The number of hydrogen-bond donors (Lipinski definition) is 1. The molecule has 4 nitrogen and oxygen atoms in total. The van der Waals surface area contributed by atoms with Crippen LogP contribution in [-0.4, -0.2) is 22.4 Å². The van der Waals surface area contributed by atoms with E-state index in [4.69, 9.17) is 0 Å². The van der Waals surface area contributed by atoms with E-state index < -0.39 is 0 Å². The fourth-order valence-electron chi connectivity index (χ4n) is 2.62. The molecule has 0 radical (unpaired) electrons. The largest absolute Gasteiger partial charge is 0.351 e. The minimum atomic E-state index is -0.0312. The fourth-order valence-corrected chi connectivity index (χ4v) is 4.56. The molecule has 0 fully saturated rings. The number of hydrogen-bond acceptors (Lipinski definition) is 5. The van der Waals surface area contributed by atoms with Crippen molar-refractivity contribution >= 4 is 28.6 Å². The third-order valence-electron chi connectivity index (χ3n) is 4.03. The Labute approximate surface area is 162 Å². The van der Waals surface area contributed by atoms with Crippen LogP contribution in [0.3, 0.4) is 0 Å². The third kappa shape index (κ3) is 4.56. The lowest BCUT2D eigenvalue weighted by atomic mass is 10.2. The number of rotatable bonds is 7. The summed E-state index contributed by atoms with van der Waals surface area (Å²) < 4.78 is 0. The average Bonchev–Trinajstić information content (AvgIpc) is 3.23. The summed E-state index contributed by atoms with van der Waals surface area (Å²) in [5, 5.41) is 7.13. The summed E-state index contributed by atoms with van der Waals surface area (Å²) in [5.74, 6) is -0.0312. The molecule has 0 saturated heterocycles. The maximum atomic E-state index is 12.4. The molecule has 1 aromatic carbocycles. The van der Waals surface area contributed by atoms with E-state index in [1.54, 1.807) is 11.3 Å². The second kappa shape index (κ2) is 8.56. The van der Waals surface area contributed by atoms with Crippen LogP contribution < -0.4 is 5.32 Å². The molecular weight excluding hydrogens is 362 g/mol. The zero-order valence-electron chi connectivity index (χ0n) is 15.3. The molecule has 0 saturated carbocycles. The van der Waals surface area contributed by atoms with Gasteiger partial charge in [0.1, 0.15) is 9.88 Å². The highest BCUT2D eigenvalue weighted by Crippen LogP contribution is 2.24. The van der Waals surface area contributed by atoms with Crippen molar-refractivity contribution in [2.24, 2.45) is 0 Å². The summed E-state index contributed by atoms with van der Waals surface area (Å²) in [5.41, 5.74) is 4.22. The van der Waals surface area contributed by atoms with Gasteiger partial charge in [0, 0.05) is 23.9 Å². The smallest absolute Gasteiger partial charge is 0.263 e. The van der Waals surface area contributed by atoms with Crippen molar-refractivity contribution in [3.63, 3.8) is 0 Å². The predicted molar refractivity (Wildman–Crippen MR) is 109 cm³/mol. The molecule has 0 atom stereocenters. The summed E-state index contributed by atoms with van der Waals surface area (Å²) in [6.45, 7) is 6.68. The molecule has 6 heteroatoms. The topological polar surface area (TPSA) is 54.9 Å². The molecule has 0 unspecified atom stereocenters. The number of carbonyl (C=O) groups excluding carboxylic acids is 1. The molecule has 2 aromatic heterocycles. The number of amides is 1. The van der Waals surface area contributed by atoms with Gasteiger partial charge in [-0.05, 0) is 26.7 Å². The van der Waals surface area contributed by atoms with Gasteiger partial charge in [0.15, 0.2) is 0 Å². The third-order valence-corrected chi connectivity index (χ3v) is 6.18. The second-order valence-electron chi connectivity index (χ2n) is 6.29. The summed E-state index contributed by atoms with van der Waals surface area (Å²) in [6, 6.07) is 8.39. The number of benzene rings is 1. The van der Waals surface area contributed by atoms with Crippen LogP contribution in [0.15, 0.2) is 29.6 Å². The molecule has 1 N–H and O–H groups in total. The summed E-state index contributed by atoms with van der Waals surface area (Å²) in [4.78, 5) is 22.3. The SMILES string of the molecule is CCCc1nc(C)c(C(=O)NCCc2csc(-c3ccc(C)cc3)n2)s1. The van der Waals surface area contributed by atoms with E-state index in [9.17, 15) is 4.79 Å². The second-order valence-corrected chi connectivity index (χ2v) is 8.23. The number of nitrogens with zero attached hydrogens (tertiary/aromatic N) is 2. The zero-order valence-corrected chi connectivity index (χ0v) is 17.0. The van der Waals surface area contributed by atoms with Crippen LogP contribution in [0.25, 0.3) is 10.6 Å². The van der Waals surface area contributed by atoms with Gasteiger partial charge in [-0.25, -0.2) is 9.97 Å². The molecule has 0 aliphatic carbocycles. The zero-order chi connectivity index (χ0) is 18.5. The number of carbonyl (C=O) groups is 1. The number of aromatic nitrogens is 2. The lowest BCUT2D eigenvalue weighted by molar-refractivity contribution is 0.0957. The van der Waals surface area contributed by atoms with Gasteiger partial charge in [-0.1, -0.05) is 36.8 Å². The fraction of sp³-hybridized carbons (Fsp3) is 0.350. The highest BCUT2D eigenvalue weighted by atomic mass is 32.1. The Bertz CT molecular complexity index is 881. The average molecular weight is 386 g/mol. The van der Waals surface area contributed by atoms with Gasteiger partial charge in [0.2, 0.25) is 0 Å². The van der Waals surface area contributed by atoms with E-state index in [0.29, 0.717) is 6.54 Å². The Morgan fingerprint density at radius 2 is 1.88 bits per heavy atom. The molecule has 0 bridgehead atoms. The maximum absolute atomic E-state index is 12.4. The van der Waals surface area contributed by atoms with E-state index in [1.165, 1.54) is 16.9 Å². The van der Waals surface area contributed by atoms with Crippen LogP contribution in [0.2, 0.25) is 0 Å². The molecule has 0 spiro atoms. The van der Waals surface area contributed by atoms with Crippen LogP contribution in [0.4, 0.5) is 0 Å². The Balaban J connectivity index is 1.55. The van der Waals surface area contributed by atoms with E-state index in [0.717, 1.165) is 51.1 Å². The van der Waals surface area contributed by atoms with Crippen molar-refractivity contribution in [1.29, 1.82) is 0 Å². The molecule has 3 rings (SSSR count). The minimum absolute atomic E-state index is 0.0312. The summed E-state index contributed by atoms with van der Waals surface area (Å²) >= 11 is 3.15. The number of aryl methyl sites for hydroxylation is 3. The van der Waals surface area contributed by atoms with Crippen LogP contribution in [0.1, 0.15) is 45.0 Å². The molecule has 0 aliphatic heterocycles. The molecular formula is C20H23N3OS2. The van der Waals surface area contributed by atoms with Crippen molar-refractivity contribution in [2.75, 3.05) is 6.54 Å². The lowest BCUT2D eigenvalue weighted by Crippen LogP contribution is -2.25. The Kier molecular flexibility index (Phi) is 6.16. The van der Waals surface area contributed by atoms with Gasteiger partial charge in [-0.15, -0.1) is 22.7 Å². The van der Waals surface area contributed by atoms with E-state index >= 15 is 0 Å². The standard InChI is InChI=1S/C20H23N3OS2/c1-4-5-17-22-14(3)18(26-17)19(24)21-11-10-16-12-25-20(23-16)15-8-6-13(2)7-9-15/h6-9,12H,4-5,10-11H2,1-3H3,(H,21,24). The van der Waals surface area contributed by atoms with Crippen molar-refractivity contribution < 1.29 is 4.79 Å². The predicted octanol–water partition coefficient (Wildman–Crippen LogP) is 4.81. The van der Waals surface area contributed by atoms with E-state index in [2.05, 4.69) is 58.8 Å². The van der Waals surface area contributed by atoms with Gasteiger partial charge < -0.3 is 5.32 Å². The molecule has 2 heterocycles. The van der Waals surface area contributed by atoms with E-state index in [1.807, 2.05) is 6.92 Å². The normalized spacial score (nSPS) is 10.9. The van der Waals surface area contributed by atoms with Crippen molar-refractivity contribution in [3.05, 3.63) is 56.5 Å². The Morgan fingerprint density at radius 3 is 2.62 bits per heavy atom. The number of thiazole rings is 2. The summed E-state index contributed by atoms with van der Waals surface area (Å²) in [7, 11) is 0. The van der Waals surface area contributed by atoms with Crippen molar-refractivity contribution in [3.8, 4) is 10.6 Å². The minimum Gasteiger partial charge on any atom is -0.351 e. The molecule has 1 amide bonds. The monoisotopic (exact) mass is 385 g/mol. The molecule has 136 valence electrons. The van der Waals surface area contributed by atoms with E-state index in [-0.39, 0.29) is 5.91 Å². The first-order valence-electron chi connectivity index (χ1n) is 8.82. The Morgan fingerprint density at radius 1 is 1.12 bits per heavy atom. The lowest BCUT2D eigenvalue weighted by Gasteiger charge is -2.02. The molecule has 0 aliphatic rings. The van der Waals surface area contributed by atoms with Crippen LogP contribution >= 0.6 is 22.7 Å². The summed E-state index contributed by atoms with van der Waals surface area (Å²) in [6.07, 6.45) is 2.70.